The highest BCUT2D eigenvalue weighted by Gasteiger charge is 2.11. The van der Waals surface area contributed by atoms with E-state index in [0.717, 1.165) is 22.1 Å². The number of benzene rings is 1. The first kappa shape index (κ1) is 15.1. The van der Waals surface area contributed by atoms with Gasteiger partial charge in [-0.3, -0.25) is 4.98 Å². The third-order valence-corrected chi connectivity index (χ3v) is 5.38. The molecule has 3 aromatic rings. The van der Waals surface area contributed by atoms with Crippen LogP contribution >= 0.6 is 11.8 Å². The highest BCUT2D eigenvalue weighted by Crippen LogP contribution is 2.27. The average molecular weight is 311 g/mol. The summed E-state index contributed by atoms with van der Waals surface area (Å²) in [5, 5.41) is 1.04. The standard InChI is InChI=1S/C18H21N3S/c1-11-6-7-15-17(8-11)21(5)18(20-15)22-10-16-14(4)13(3)12(2)9-19-16/h6-9H,10H2,1-5H3. The van der Waals surface area contributed by atoms with Crippen molar-refractivity contribution in [3.63, 3.8) is 0 Å². The predicted molar refractivity (Wildman–Crippen MR) is 93.5 cm³/mol. The summed E-state index contributed by atoms with van der Waals surface area (Å²) in [6.07, 6.45) is 1.97. The molecule has 3 nitrogen and oxygen atoms in total. The third kappa shape index (κ3) is 2.63. The van der Waals surface area contributed by atoms with Crippen molar-refractivity contribution in [1.29, 1.82) is 0 Å². The minimum absolute atomic E-state index is 0.850. The molecule has 22 heavy (non-hydrogen) atoms. The number of thioether (sulfide) groups is 1. The number of imidazole rings is 1. The van der Waals surface area contributed by atoms with Gasteiger partial charge in [0.2, 0.25) is 0 Å². The molecule has 114 valence electrons. The first-order valence-electron chi connectivity index (χ1n) is 7.45. The van der Waals surface area contributed by atoms with Crippen molar-refractivity contribution in [3.05, 3.63) is 52.3 Å². The van der Waals surface area contributed by atoms with Gasteiger partial charge >= 0.3 is 0 Å². The molecule has 2 aromatic heterocycles. The Hall–Kier alpha value is -1.81. The summed E-state index contributed by atoms with van der Waals surface area (Å²) in [5.41, 5.74) is 8.54. The van der Waals surface area contributed by atoms with E-state index in [2.05, 4.69) is 62.5 Å². The number of fused-ring (bicyclic) bond motifs is 1. The number of aromatic nitrogens is 3. The Bertz CT molecular complexity index is 849. The Morgan fingerprint density at radius 1 is 1.09 bits per heavy atom. The highest BCUT2D eigenvalue weighted by atomic mass is 32.2. The number of rotatable bonds is 3. The molecule has 0 saturated carbocycles. The zero-order valence-electron chi connectivity index (χ0n) is 13.8. The molecule has 1 aromatic carbocycles. The molecule has 2 heterocycles. The molecule has 0 amide bonds. The minimum atomic E-state index is 0.850. The Morgan fingerprint density at radius 3 is 2.64 bits per heavy atom. The van der Waals surface area contributed by atoms with E-state index in [0.29, 0.717) is 0 Å². The Labute approximate surface area is 135 Å². The Balaban J connectivity index is 1.88. The van der Waals surface area contributed by atoms with Crippen LogP contribution in [-0.2, 0) is 12.8 Å². The molecule has 0 N–H and O–H groups in total. The molecule has 0 spiro atoms. The van der Waals surface area contributed by atoms with E-state index in [1.807, 2.05) is 6.20 Å². The molecule has 0 aliphatic carbocycles. The second kappa shape index (κ2) is 5.76. The lowest BCUT2D eigenvalue weighted by atomic mass is 10.1. The normalized spacial score (nSPS) is 11.3. The van der Waals surface area contributed by atoms with Gasteiger partial charge in [-0.2, -0.15) is 0 Å². The van der Waals surface area contributed by atoms with E-state index in [-0.39, 0.29) is 0 Å². The zero-order chi connectivity index (χ0) is 15.9. The first-order valence-corrected chi connectivity index (χ1v) is 8.43. The van der Waals surface area contributed by atoms with Crippen molar-refractivity contribution in [2.45, 2.75) is 38.6 Å². The van der Waals surface area contributed by atoms with Gasteiger partial charge in [0, 0.05) is 19.0 Å². The molecule has 0 aliphatic heterocycles. The number of aryl methyl sites for hydroxylation is 3. The van der Waals surface area contributed by atoms with E-state index < -0.39 is 0 Å². The SMILES string of the molecule is Cc1ccc2nc(SCc3ncc(C)c(C)c3C)n(C)c2c1. The van der Waals surface area contributed by atoms with Crippen LogP contribution in [0.1, 0.15) is 27.9 Å². The van der Waals surface area contributed by atoms with Gasteiger partial charge in [0.15, 0.2) is 5.16 Å². The number of hydrogen-bond donors (Lipinski definition) is 0. The summed E-state index contributed by atoms with van der Waals surface area (Å²) in [6, 6.07) is 6.39. The van der Waals surface area contributed by atoms with Gasteiger partial charge in [0.05, 0.1) is 16.7 Å². The van der Waals surface area contributed by atoms with E-state index in [1.54, 1.807) is 11.8 Å². The zero-order valence-corrected chi connectivity index (χ0v) is 14.6. The van der Waals surface area contributed by atoms with Crippen molar-refractivity contribution in [1.82, 2.24) is 14.5 Å². The van der Waals surface area contributed by atoms with Gasteiger partial charge in [0.25, 0.3) is 0 Å². The molecule has 3 rings (SSSR count). The lowest BCUT2D eigenvalue weighted by Gasteiger charge is -2.09. The van der Waals surface area contributed by atoms with E-state index in [4.69, 9.17) is 4.98 Å². The second-order valence-corrected chi connectivity index (χ2v) is 6.81. The summed E-state index contributed by atoms with van der Waals surface area (Å²) in [7, 11) is 2.08. The quantitative estimate of drug-likeness (QED) is 0.668. The average Bonchev–Trinajstić information content (AvgIpc) is 2.81. The van der Waals surface area contributed by atoms with Crippen molar-refractivity contribution >= 4 is 22.8 Å². The molecule has 0 fully saturated rings. The van der Waals surface area contributed by atoms with E-state index >= 15 is 0 Å². The molecule has 0 bridgehead atoms. The fourth-order valence-electron chi connectivity index (χ4n) is 2.57. The Kier molecular flexibility index (Phi) is 3.96. The van der Waals surface area contributed by atoms with Crippen LogP contribution in [0.2, 0.25) is 0 Å². The third-order valence-electron chi connectivity index (χ3n) is 4.33. The topological polar surface area (TPSA) is 30.7 Å². The number of nitrogens with zero attached hydrogens (tertiary/aromatic N) is 3. The van der Waals surface area contributed by atoms with Gasteiger partial charge in [-0.25, -0.2) is 4.98 Å². The fraction of sp³-hybridized carbons (Fsp3) is 0.333. The van der Waals surface area contributed by atoms with Crippen molar-refractivity contribution in [2.24, 2.45) is 7.05 Å². The first-order chi connectivity index (χ1) is 10.5. The maximum Gasteiger partial charge on any atom is 0.169 e. The van der Waals surface area contributed by atoms with Crippen LogP contribution in [0, 0.1) is 27.7 Å². The highest BCUT2D eigenvalue weighted by molar-refractivity contribution is 7.98. The van der Waals surface area contributed by atoms with Crippen LogP contribution in [0.4, 0.5) is 0 Å². The van der Waals surface area contributed by atoms with Crippen LogP contribution in [0.25, 0.3) is 11.0 Å². The molecular formula is C18H21N3S. The van der Waals surface area contributed by atoms with Crippen LogP contribution in [0.5, 0.6) is 0 Å². The number of pyridine rings is 1. The van der Waals surface area contributed by atoms with Crippen molar-refractivity contribution < 1.29 is 0 Å². The van der Waals surface area contributed by atoms with Gasteiger partial charge in [-0.15, -0.1) is 0 Å². The second-order valence-electron chi connectivity index (χ2n) is 5.87. The number of hydrogen-bond acceptors (Lipinski definition) is 3. The van der Waals surface area contributed by atoms with Gasteiger partial charge in [-0.05, 0) is 62.1 Å². The summed E-state index contributed by atoms with van der Waals surface area (Å²) >= 11 is 1.75. The molecule has 0 aliphatic rings. The lowest BCUT2D eigenvalue weighted by molar-refractivity contribution is 0.814. The maximum absolute atomic E-state index is 4.74. The minimum Gasteiger partial charge on any atom is -0.322 e. The monoisotopic (exact) mass is 311 g/mol. The molecule has 4 heteroatoms. The molecule has 0 atom stereocenters. The molecular weight excluding hydrogens is 290 g/mol. The summed E-state index contributed by atoms with van der Waals surface area (Å²) in [4.78, 5) is 9.33. The van der Waals surface area contributed by atoms with Gasteiger partial charge < -0.3 is 4.57 Å². The predicted octanol–water partition coefficient (Wildman–Crippen LogP) is 4.49. The Morgan fingerprint density at radius 2 is 1.86 bits per heavy atom. The van der Waals surface area contributed by atoms with Crippen molar-refractivity contribution in [2.75, 3.05) is 0 Å². The lowest BCUT2D eigenvalue weighted by Crippen LogP contribution is -1.98. The van der Waals surface area contributed by atoms with Crippen LogP contribution in [0.15, 0.2) is 29.6 Å². The summed E-state index contributed by atoms with van der Waals surface area (Å²) in [5.74, 6) is 0.850. The maximum atomic E-state index is 4.74. The summed E-state index contributed by atoms with van der Waals surface area (Å²) in [6.45, 7) is 8.55. The van der Waals surface area contributed by atoms with Crippen LogP contribution < -0.4 is 0 Å². The van der Waals surface area contributed by atoms with Gasteiger partial charge in [-0.1, -0.05) is 17.8 Å². The molecule has 0 radical (unpaired) electrons. The van der Waals surface area contributed by atoms with Gasteiger partial charge in [0.1, 0.15) is 0 Å². The van der Waals surface area contributed by atoms with E-state index in [1.165, 1.54) is 27.8 Å². The fourth-order valence-corrected chi connectivity index (χ4v) is 3.58. The smallest absolute Gasteiger partial charge is 0.169 e. The largest absolute Gasteiger partial charge is 0.322 e. The van der Waals surface area contributed by atoms with Crippen molar-refractivity contribution in [3.8, 4) is 0 Å². The van der Waals surface area contributed by atoms with E-state index in [9.17, 15) is 0 Å². The summed E-state index contributed by atoms with van der Waals surface area (Å²) < 4.78 is 2.17. The molecule has 0 saturated heterocycles. The van der Waals surface area contributed by atoms with Crippen LogP contribution in [0.3, 0.4) is 0 Å². The van der Waals surface area contributed by atoms with Crippen LogP contribution in [-0.4, -0.2) is 14.5 Å². The molecule has 0 unspecified atom stereocenters.